The maximum atomic E-state index is 11.7. The fraction of sp³-hybridized carbons (Fsp3) is 0.727. The van der Waals surface area contributed by atoms with Gasteiger partial charge in [-0.2, -0.15) is 0 Å². The van der Waals surface area contributed by atoms with Crippen LogP contribution < -0.4 is 5.32 Å². The number of hydrogen-bond acceptors (Lipinski definition) is 5. The fourth-order valence-electron chi connectivity index (χ4n) is 3.17. The molecule has 0 spiro atoms. The molecule has 1 rings (SSSR count). The summed E-state index contributed by atoms with van der Waals surface area (Å²) >= 11 is 0. The van der Waals surface area contributed by atoms with Crippen LogP contribution in [0, 0.1) is 11.8 Å². The molecule has 0 bridgehead atoms. The molecule has 1 aliphatic rings. The van der Waals surface area contributed by atoms with Crippen molar-refractivity contribution in [2.75, 3.05) is 13.2 Å². The first kappa shape index (κ1) is 26.5. The first-order valence-corrected chi connectivity index (χ1v) is 10.5. The maximum absolute atomic E-state index is 11.7. The van der Waals surface area contributed by atoms with Crippen molar-refractivity contribution < 1.29 is 24.9 Å². The molecule has 0 radical (unpaired) electrons. The van der Waals surface area contributed by atoms with Crippen LogP contribution in [0.5, 0.6) is 0 Å². The number of aliphatic hydroxyl groups excluding tert-OH is 3. The Balaban J connectivity index is 0.000000684. The normalized spacial score (nSPS) is 22.6. The molecule has 1 saturated carbocycles. The van der Waals surface area contributed by atoms with E-state index in [9.17, 15) is 19.8 Å². The Bertz CT molecular complexity index is 478. The topological polar surface area (TPSA) is 107 Å². The second-order valence-corrected chi connectivity index (χ2v) is 7.22. The van der Waals surface area contributed by atoms with E-state index in [4.69, 9.17) is 5.11 Å². The molecule has 6 nitrogen and oxygen atoms in total. The van der Waals surface area contributed by atoms with Crippen molar-refractivity contribution >= 4 is 11.7 Å². The summed E-state index contributed by atoms with van der Waals surface area (Å²) in [6.07, 6.45) is 10.4. The highest BCUT2D eigenvalue weighted by Gasteiger charge is 2.39. The van der Waals surface area contributed by atoms with Crippen LogP contribution in [0.2, 0.25) is 0 Å². The molecule has 0 aromatic carbocycles. The number of Topliss-reactive ketones (excluding diaryl/α,β-unsaturated/α-hetero) is 1. The number of amides is 1. The molecular formula is C22H39NO5. The highest BCUT2D eigenvalue weighted by Crippen LogP contribution is 2.33. The van der Waals surface area contributed by atoms with Gasteiger partial charge in [-0.05, 0) is 19.3 Å². The van der Waals surface area contributed by atoms with E-state index < -0.39 is 12.2 Å². The van der Waals surface area contributed by atoms with Gasteiger partial charge >= 0.3 is 0 Å². The van der Waals surface area contributed by atoms with Crippen molar-refractivity contribution in [2.45, 2.75) is 77.4 Å². The number of ketones is 1. The first-order chi connectivity index (χ1) is 13.4. The van der Waals surface area contributed by atoms with E-state index in [-0.39, 0.29) is 36.6 Å². The zero-order chi connectivity index (χ0) is 21.4. The zero-order valence-electron chi connectivity index (χ0n) is 17.5. The molecule has 1 aliphatic carbocycles. The molecule has 0 aromatic heterocycles. The fourth-order valence-corrected chi connectivity index (χ4v) is 3.17. The minimum atomic E-state index is -0.614. The van der Waals surface area contributed by atoms with Crippen molar-refractivity contribution in [3.8, 4) is 0 Å². The number of unbranched alkanes of at least 4 members (excludes halogenated alkanes) is 2. The molecule has 0 aliphatic heterocycles. The Hall–Kier alpha value is -1.50. The SMILES string of the molecule is C=CCC1C(=O)CC(O)[C@@H]1/C=C/C(O)CCCCC.CCCC(=O)NCCO. The number of carbonyl (C=O) groups is 2. The van der Waals surface area contributed by atoms with Crippen LogP contribution >= 0.6 is 0 Å². The van der Waals surface area contributed by atoms with Gasteiger partial charge in [-0.15, -0.1) is 6.58 Å². The van der Waals surface area contributed by atoms with E-state index in [2.05, 4.69) is 18.8 Å². The van der Waals surface area contributed by atoms with Gasteiger partial charge in [-0.1, -0.05) is 51.3 Å². The van der Waals surface area contributed by atoms with E-state index in [0.717, 1.165) is 32.1 Å². The Kier molecular flexibility index (Phi) is 15.6. The number of carbonyl (C=O) groups excluding carboxylic acids is 2. The summed E-state index contributed by atoms with van der Waals surface area (Å²) in [5.41, 5.74) is 0. The molecule has 3 unspecified atom stereocenters. The minimum absolute atomic E-state index is 0.0200. The Morgan fingerprint density at radius 2 is 2.04 bits per heavy atom. The van der Waals surface area contributed by atoms with Gasteiger partial charge < -0.3 is 20.6 Å². The van der Waals surface area contributed by atoms with Gasteiger partial charge in [0.2, 0.25) is 5.91 Å². The number of rotatable bonds is 12. The van der Waals surface area contributed by atoms with Crippen LogP contribution in [0.15, 0.2) is 24.8 Å². The monoisotopic (exact) mass is 397 g/mol. The van der Waals surface area contributed by atoms with Crippen molar-refractivity contribution in [3.63, 3.8) is 0 Å². The highest BCUT2D eigenvalue weighted by molar-refractivity contribution is 5.84. The van der Waals surface area contributed by atoms with Gasteiger partial charge in [-0.25, -0.2) is 0 Å². The lowest BCUT2D eigenvalue weighted by atomic mass is 9.90. The van der Waals surface area contributed by atoms with Crippen LogP contribution in [0.25, 0.3) is 0 Å². The van der Waals surface area contributed by atoms with Crippen molar-refractivity contribution in [1.82, 2.24) is 5.32 Å². The van der Waals surface area contributed by atoms with Crippen LogP contribution in [0.3, 0.4) is 0 Å². The second-order valence-electron chi connectivity index (χ2n) is 7.22. The Labute approximate surface area is 169 Å². The lowest BCUT2D eigenvalue weighted by Crippen LogP contribution is -2.25. The van der Waals surface area contributed by atoms with Gasteiger partial charge in [0.25, 0.3) is 0 Å². The molecule has 0 aromatic rings. The molecule has 162 valence electrons. The third kappa shape index (κ3) is 11.4. The van der Waals surface area contributed by atoms with Crippen LogP contribution in [-0.2, 0) is 9.59 Å². The quantitative estimate of drug-likeness (QED) is 0.299. The van der Waals surface area contributed by atoms with E-state index in [1.807, 2.05) is 13.0 Å². The molecule has 0 saturated heterocycles. The third-order valence-electron chi connectivity index (χ3n) is 4.72. The van der Waals surface area contributed by atoms with Gasteiger partial charge in [0.1, 0.15) is 5.78 Å². The molecule has 0 heterocycles. The van der Waals surface area contributed by atoms with Crippen molar-refractivity contribution in [2.24, 2.45) is 11.8 Å². The van der Waals surface area contributed by atoms with Gasteiger partial charge in [0, 0.05) is 31.2 Å². The van der Waals surface area contributed by atoms with E-state index in [0.29, 0.717) is 19.4 Å². The molecule has 6 heteroatoms. The summed E-state index contributed by atoms with van der Waals surface area (Å²) in [6, 6.07) is 0. The predicted octanol–water partition coefficient (Wildman–Crippen LogP) is 2.52. The molecule has 1 fully saturated rings. The minimum Gasteiger partial charge on any atom is -0.395 e. The van der Waals surface area contributed by atoms with E-state index in [1.165, 1.54) is 0 Å². The zero-order valence-corrected chi connectivity index (χ0v) is 17.5. The number of hydrogen-bond donors (Lipinski definition) is 4. The maximum Gasteiger partial charge on any atom is 0.220 e. The van der Waals surface area contributed by atoms with Gasteiger partial charge in [0.05, 0.1) is 18.8 Å². The molecule has 4 atom stereocenters. The Morgan fingerprint density at radius 1 is 1.32 bits per heavy atom. The van der Waals surface area contributed by atoms with Crippen molar-refractivity contribution in [3.05, 3.63) is 24.8 Å². The average Bonchev–Trinajstić information content (AvgIpc) is 2.92. The average molecular weight is 398 g/mol. The van der Waals surface area contributed by atoms with Crippen molar-refractivity contribution in [1.29, 1.82) is 0 Å². The summed E-state index contributed by atoms with van der Waals surface area (Å²) in [5.74, 6) is -0.230. The predicted molar refractivity (Wildman–Crippen MR) is 112 cm³/mol. The molecule has 4 N–H and O–H groups in total. The smallest absolute Gasteiger partial charge is 0.220 e. The first-order valence-electron chi connectivity index (χ1n) is 10.5. The summed E-state index contributed by atoms with van der Waals surface area (Å²) in [7, 11) is 0. The Morgan fingerprint density at radius 3 is 2.61 bits per heavy atom. The standard InChI is InChI=1S/C16H26O3.C6H13NO2/c1-3-5-6-8-12(17)9-10-14-13(7-4-2)15(18)11-16(14)19;1-2-3-6(9)7-4-5-8/h4,9-10,12-14,16-17,19H,2-3,5-8,11H2,1H3;8H,2-5H2,1H3,(H,7,9)/b10-9+;/t12?,13?,14-,16?;/m1./s1. The summed E-state index contributed by atoms with van der Waals surface area (Å²) in [4.78, 5) is 22.3. The lowest BCUT2D eigenvalue weighted by Gasteiger charge is -2.16. The lowest BCUT2D eigenvalue weighted by molar-refractivity contribution is -0.122. The number of allylic oxidation sites excluding steroid dienone is 1. The third-order valence-corrected chi connectivity index (χ3v) is 4.72. The molecular weight excluding hydrogens is 358 g/mol. The highest BCUT2D eigenvalue weighted by atomic mass is 16.3. The summed E-state index contributed by atoms with van der Waals surface area (Å²) in [5, 5.41) is 30.5. The molecule has 1 amide bonds. The number of aliphatic hydroxyl groups is 3. The van der Waals surface area contributed by atoms with E-state index >= 15 is 0 Å². The van der Waals surface area contributed by atoms with Crippen LogP contribution in [0.1, 0.15) is 65.2 Å². The molecule has 28 heavy (non-hydrogen) atoms. The van der Waals surface area contributed by atoms with Crippen LogP contribution in [-0.4, -0.2) is 52.4 Å². The van der Waals surface area contributed by atoms with E-state index in [1.54, 1.807) is 12.2 Å². The summed E-state index contributed by atoms with van der Waals surface area (Å²) in [6.45, 7) is 8.12. The van der Waals surface area contributed by atoms with Crippen LogP contribution in [0.4, 0.5) is 0 Å². The van der Waals surface area contributed by atoms with Gasteiger partial charge in [0.15, 0.2) is 0 Å². The second kappa shape index (κ2) is 16.5. The number of nitrogens with one attached hydrogen (secondary N) is 1. The van der Waals surface area contributed by atoms with Gasteiger partial charge in [-0.3, -0.25) is 9.59 Å². The largest absolute Gasteiger partial charge is 0.395 e. The summed E-state index contributed by atoms with van der Waals surface area (Å²) < 4.78 is 0.